The molecule has 2 aromatic carbocycles. The SMILES string of the molecule is CCCCOC(=O)[C@H](CC)N(Cc1ccccc1)Cc1ccccc1. The Hall–Kier alpha value is -2.13. The molecule has 0 saturated heterocycles. The average Bonchev–Trinajstić information content (AvgIpc) is 2.64. The van der Waals surface area contributed by atoms with Gasteiger partial charge in [-0.15, -0.1) is 0 Å². The van der Waals surface area contributed by atoms with Gasteiger partial charge in [0.05, 0.1) is 6.61 Å². The summed E-state index contributed by atoms with van der Waals surface area (Å²) in [7, 11) is 0. The zero-order chi connectivity index (χ0) is 17.9. The fourth-order valence-corrected chi connectivity index (χ4v) is 2.90. The van der Waals surface area contributed by atoms with Gasteiger partial charge in [0.15, 0.2) is 0 Å². The van der Waals surface area contributed by atoms with E-state index in [1.54, 1.807) is 0 Å². The quantitative estimate of drug-likeness (QED) is 0.459. The Morgan fingerprint density at radius 1 is 0.920 bits per heavy atom. The van der Waals surface area contributed by atoms with Crippen LogP contribution in [-0.4, -0.2) is 23.5 Å². The van der Waals surface area contributed by atoms with Crippen LogP contribution >= 0.6 is 0 Å². The molecular weight excluding hydrogens is 310 g/mol. The first-order valence-corrected chi connectivity index (χ1v) is 9.23. The summed E-state index contributed by atoms with van der Waals surface area (Å²) in [6, 6.07) is 20.4. The fourth-order valence-electron chi connectivity index (χ4n) is 2.90. The minimum atomic E-state index is -0.225. The second-order valence-corrected chi connectivity index (χ2v) is 6.32. The van der Waals surface area contributed by atoms with E-state index in [4.69, 9.17) is 4.74 Å². The van der Waals surface area contributed by atoms with Gasteiger partial charge in [0, 0.05) is 13.1 Å². The summed E-state index contributed by atoms with van der Waals surface area (Å²) >= 11 is 0. The number of unbranched alkanes of at least 4 members (excludes halogenated alkanes) is 1. The number of carbonyl (C=O) groups is 1. The summed E-state index contributed by atoms with van der Waals surface area (Å²) in [4.78, 5) is 14.8. The Labute approximate surface area is 151 Å². The molecule has 0 heterocycles. The molecule has 0 radical (unpaired) electrons. The van der Waals surface area contributed by atoms with E-state index in [0.29, 0.717) is 6.61 Å². The molecule has 0 aromatic heterocycles. The lowest BCUT2D eigenvalue weighted by molar-refractivity contribution is -0.151. The van der Waals surface area contributed by atoms with E-state index in [1.807, 2.05) is 36.4 Å². The van der Waals surface area contributed by atoms with Crippen molar-refractivity contribution in [3.8, 4) is 0 Å². The number of hydrogen-bond acceptors (Lipinski definition) is 3. The van der Waals surface area contributed by atoms with Gasteiger partial charge in [0.2, 0.25) is 0 Å². The molecule has 0 spiro atoms. The molecule has 0 aliphatic carbocycles. The third-order valence-electron chi connectivity index (χ3n) is 4.30. The summed E-state index contributed by atoms with van der Waals surface area (Å²) in [6.07, 6.45) is 2.69. The predicted molar refractivity (Wildman–Crippen MR) is 102 cm³/mol. The number of rotatable bonds is 10. The van der Waals surface area contributed by atoms with Crippen LogP contribution in [0.25, 0.3) is 0 Å². The van der Waals surface area contributed by atoms with Gasteiger partial charge in [0.1, 0.15) is 6.04 Å². The lowest BCUT2D eigenvalue weighted by Gasteiger charge is -2.29. The summed E-state index contributed by atoms with van der Waals surface area (Å²) in [5, 5.41) is 0. The van der Waals surface area contributed by atoms with E-state index in [2.05, 4.69) is 43.0 Å². The number of nitrogens with zero attached hydrogens (tertiary/aromatic N) is 1. The van der Waals surface area contributed by atoms with Crippen molar-refractivity contribution >= 4 is 5.97 Å². The minimum absolute atomic E-state index is 0.109. The van der Waals surface area contributed by atoms with Gasteiger partial charge in [-0.25, -0.2) is 0 Å². The van der Waals surface area contributed by atoms with Crippen LogP contribution in [0.3, 0.4) is 0 Å². The average molecular weight is 339 g/mol. The van der Waals surface area contributed by atoms with E-state index >= 15 is 0 Å². The first kappa shape index (κ1) is 19.2. The Morgan fingerprint density at radius 2 is 1.44 bits per heavy atom. The molecule has 134 valence electrons. The zero-order valence-electron chi connectivity index (χ0n) is 15.4. The van der Waals surface area contributed by atoms with Gasteiger partial charge >= 0.3 is 5.97 Å². The van der Waals surface area contributed by atoms with Crippen molar-refractivity contribution in [3.05, 3.63) is 71.8 Å². The maximum absolute atomic E-state index is 12.6. The van der Waals surface area contributed by atoms with E-state index < -0.39 is 0 Å². The molecule has 3 heteroatoms. The van der Waals surface area contributed by atoms with Gasteiger partial charge in [-0.1, -0.05) is 80.9 Å². The first-order valence-electron chi connectivity index (χ1n) is 9.23. The second kappa shape index (κ2) is 10.7. The number of ether oxygens (including phenoxy) is 1. The van der Waals surface area contributed by atoms with Gasteiger partial charge in [-0.2, -0.15) is 0 Å². The van der Waals surface area contributed by atoms with Crippen molar-refractivity contribution in [2.24, 2.45) is 0 Å². The Bertz CT molecular complexity index is 571. The van der Waals surface area contributed by atoms with Crippen molar-refractivity contribution in [2.45, 2.75) is 52.2 Å². The van der Waals surface area contributed by atoms with Crippen LogP contribution in [0.2, 0.25) is 0 Å². The third kappa shape index (κ3) is 6.35. The van der Waals surface area contributed by atoms with Crippen molar-refractivity contribution < 1.29 is 9.53 Å². The van der Waals surface area contributed by atoms with Crippen molar-refractivity contribution in [2.75, 3.05) is 6.61 Å². The highest BCUT2D eigenvalue weighted by Crippen LogP contribution is 2.17. The van der Waals surface area contributed by atoms with Crippen LogP contribution < -0.4 is 0 Å². The topological polar surface area (TPSA) is 29.5 Å². The van der Waals surface area contributed by atoms with E-state index in [0.717, 1.165) is 32.4 Å². The molecule has 1 atom stereocenters. The van der Waals surface area contributed by atoms with Crippen LogP contribution in [0.15, 0.2) is 60.7 Å². The third-order valence-corrected chi connectivity index (χ3v) is 4.30. The van der Waals surface area contributed by atoms with Crippen molar-refractivity contribution in [1.82, 2.24) is 4.90 Å². The fraction of sp³-hybridized carbons (Fsp3) is 0.409. The molecule has 0 bridgehead atoms. The highest BCUT2D eigenvalue weighted by molar-refractivity contribution is 5.75. The lowest BCUT2D eigenvalue weighted by atomic mass is 10.1. The van der Waals surface area contributed by atoms with E-state index in [1.165, 1.54) is 11.1 Å². The van der Waals surface area contributed by atoms with Crippen molar-refractivity contribution in [1.29, 1.82) is 0 Å². The predicted octanol–water partition coefficient (Wildman–Crippen LogP) is 4.81. The number of benzene rings is 2. The highest BCUT2D eigenvalue weighted by Gasteiger charge is 2.26. The molecule has 25 heavy (non-hydrogen) atoms. The van der Waals surface area contributed by atoms with Gasteiger partial charge in [0.25, 0.3) is 0 Å². The van der Waals surface area contributed by atoms with Gasteiger partial charge < -0.3 is 4.74 Å². The van der Waals surface area contributed by atoms with Crippen LogP contribution in [0.4, 0.5) is 0 Å². The summed E-state index contributed by atoms with van der Waals surface area (Å²) < 4.78 is 5.51. The van der Waals surface area contributed by atoms with Crippen LogP contribution in [0.1, 0.15) is 44.2 Å². The zero-order valence-corrected chi connectivity index (χ0v) is 15.4. The number of carbonyl (C=O) groups excluding carboxylic acids is 1. The highest BCUT2D eigenvalue weighted by atomic mass is 16.5. The van der Waals surface area contributed by atoms with Crippen LogP contribution in [0.5, 0.6) is 0 Å². The first-order chi connectivity index (χ1) is 12.2. The molecule has 0 fully saturated rings. The maximum Gasteiger partial charge on any atom is 0.323 e. The van der Waals surface area contributed by atoms with Gasteiger partial charge in [-0.3, -0.25) is 9.69 Å². The van der Waals surface area contributed by atoms with Crippen LogP contribution in [-0.2, 0) is 22.6 Å². The van der Waals surface area contributed by atoms with E-state index in [-0.39, 0.29) is 12.0 Å². The largest absolute Gasteiger partial charge is 0.465 e. The molecule has 0 N–H and O–H groups in total. The molecule has 0 aliphatic heterocycles. The number of esters is 1. The normalized spacial score (nSPS) is 12.1. The Morgan fingerprint density at radius 3 is 1.88 bits per heavy atom. The summed E-state index contributed by atoms with van der Waals surface area (Å²) in [5.74, 6) is -0.109. The monoisotopic (exact) mass is 339 g/mol. The second-order valence-electron chi connectivity index (χ2n) is 6.32. The summed E-state index contributed by atoms with van der Waals surface area (Å²) in [5.41, 5.74) is 2.41. The number of hydrogen-bond donors (Lipinski definition) is 0. The standard InChI is InChI=1S/C22H29NO2/c1-3-5-16-25-22(24)21(4-2)23(17-19-12-8-6-9-13-19)18-20-14-10-7-11-15-20/h6-15,21H,3-5,16-18H2,1-2H3/t21-/m0/s1. The maximum atomic E-state index is 12.6. The molecule has 0 unspecified atom stereocenters. The molecular formula is C22H29NO2. The van der Waals surface area contributed by atoms with Crippen LogP contribution in [0, 0.1) is 0 Å². The molecule has 2 aromatic rings. The minimum Gasteiger partial charge on any atom is -0.465 e. The molecule has 2 rings (SSSR count). The van der Waals surface area contributed by atoms with E-state index in [9.17, 15) is 4.79 Å². The Balaban J connectivity index is 2.14. The Kier molecular flexibility index (Phi) is 8.20. The molecule has 0 amide bonds. The summed E-state index contributed by atoms with van der Waals surface area (Å²) in [6.45, 7) is 6.13. The lowest BCUT2D eigenvalue weighted by Crippen LogP contribution is -2.41. The van der Waals surface area contributed by atoms with Crippen molar-refractivity contribution in [3.63, 3.8) is 0 Å². The smallest absolute Gasteiger partial charge is 0.323 e. The molecule has 0 aliphatic rings. The van der Waals surface area contributed by atoms with Gasteiger partial charge in [-0.05, 0) is 24.0 Å². The molecule has 0 saturated carbocycles. The molecule has 3 nitrogen and oxygen atoms in total.